The molecule has 0 aliphatic carbocycles. The standard InChI is InChI=1S/C19H23N5/c20-16-4-1-3-14(9-16)12-24-8-2-5-18(13-24)22-17-6-7-19-15(10-17)11-21-23-19/h1,3-4,6-7,9-11,18,22H,2,5,8,12-13,20H2,(H,21,23)/t18-/m0/s1. The molecule has 2 aromatic carbocycles. The Kier molecular flexibility index (Phi) is 4.09. The second-order valence-corrected chi connectivity index (χ2v) is 6.64. The summed E-state index contributed by atoms with van der Waals surface area (Å²) in [6, 6.07) is 15.0. The Morgan fingerprint density at radius 1 is 1.25 bits per heavy atom. The van der Waals surface area contributed by atoms with E-state index in [1.54, 1.807) is 0 Å². The number of nitrogens with zero attached hydrogens (tertiary/aromatic N) is 2. The average Bonchev–Trinajstić information content (AvgIpc) is 3.03. The number of hydrogen-bond donors (Lipinski definition) is 3. The molecule has 1 aliphatic heterocycles. The van der Waals surface area contributed by atoms with Gasteiger partial charge in [0.25, 0.3) is 0 Å². The number of nitrogen functional groups attached to an aromatic ring is 1. The van der Waals surface area contributed by atoms with Gasteiger partial charge in [-0.25, -0.2) is 0 Å². The number of fused-ring (bicyclic) bond motifs is 1. The molecule has 1 aliphatic rings. The monoisotopic (exact) mass is 321 g/mol. The topological polar surface area (TPSA) is 70.0 Å². The molecular weight excluding hydrogens is 298 g/mol. The summed E-state index contributed by atoms with van der Waals surface area (Å²) in [5.74, 6) is 0. The maximum atomic E-state index is 5.89. The molecule has 0 saturated carbocycles. The summed E-state index contributed by atoms with van der Waals surface area (Å²) >= 11 is 0. The molecule has 4 N–H and O–H groups in total. The van der Waals surface area contributed by atoms with Crippen LogP contribution in [0.5, 0.6) is 0 Å². The molecule has 1 aromatic heterocycles. The van der Waals surface area contributed by atoms with Gasteiger partial charge in [0.05, 0.1) is 11.7 Å². The van der Waals surface area contributed by atoms with Crippen LogP contribution in [0.3, 0.4) is 0 Å². The first-order valence-electron chi connectivity index (χ1n) is 8.53. The highest BCUT2D eigenvalue weighted by molar-refractivity contribution is 5.81. The Bertz CT molecular complexity index is 825. The van der Waals surface area contributed by atoms with E-state index in [1.807, 2.05) is 18.3 Å². The minimum absolute atomic E-state index is 0.476. The second kappa shape index (κ2) is 6.53. The first kappa shape index (κ1) is 15.0. The summed E-state index contributed by atoms with van der Waals surface area (Å²) in [6.45, 7) is 3.16. The maximum Gasteiger partial charge on any atom is 0.0651 e. The van der Waals surface area contributed by atoms with Gasteiger partial charge in [-0.2, -0.15) is 5.10 Å². The molecule has 124 valence electrons. The van der Waals surface area contributed by atoms with Gasteiger partial charge in [-0.15, -0.1) is 0 Å². The Hall–Kier alpha value is -2.53. The van der Waals surface area contributed by atoms with E-state index in [4.69, 9.17) is 5.73 Å². The summed E-state index contributed by atoms with van der Waals surface area (Å²) in [5, 5.41) is 11.9. The molecule has 0 unspecified atom stereocenters. The van der Waals surface area contributed by atoms with Gasteiger partial charge in [-0.05, 0) is 55.3 Å². The number of benzene rings is 2. The molecule has 4 rings (SSSR count). The van der Waals surface area contributed by atoms with Gasteiger partial charge in [0, 0.05) is 35.9 Å². The van der Waals surface area contributed by atoms with Crippen LogP contribution in [-0.2, 0) is 6.54 Å². The zero-order valence-electron chi connectivity index (χ0n) is 13.7. The van der Waals surface area contributed by atoms with Crippen LogP contribution in [-0.4, -0.2) is 34.2 Å². The van der Waals surface area contributed by atoms with Crippen LogP contribution in [0, 0.1) is 0 Å². The molecule has 5 heteroatoms. The molecule has 0 amide bonds. The van der Waals surface area contributed by atoms with Crippen LogP contribution in [0.2, 0.25) is 0 Å². The van der Waals surface area contributed by atoms with E-state index in [1.165, 1.54) is 24.1 Å². The smallest absolute Gasteiger partial charge is 0.0651 e. The minimum Gasteiger partial charge on any atom is -0.399 e. The van der Waals surface area contributed by atoms with Gasteiger partial charge >= 0.3 is 0 Å². The van der Waals surface area contributed by atoms with Crippen molar-refractivity contribution in [2.75, 3.05) is 24.1 Å². The van der Waals surface area contributed by atoms with Crippen LogP contribution in [0.25, 0.3) is 10.9 Å². The molecular formula is C19H23N5. The lowest BCUT2D eigenvalue weighted by Gasteiger charge is -2.33. The normalized spacial score (nSPS) is 18.8. The number of H-pyrrole nitrogens is 1. The summed E-state index contributed by atoms with van der Waals surface area (Å²) in [5.41, 5.74) is 10.3. The van der Waals surface area contributed by atoms with Crippen LogP contribution in [0.15, 0.2) is 48.7 Å². The molecule has 0 bridgehead atoms. The highest BCUT2D eigenvalue weighted by Gasteiger charge is 2.20. The van der Waals surface area contributed by atoms with Crippen LogP contribution in [0.1, 0.15) is 18.4 Å². The number of aromatic nitrogens is 2. The molecule has 3 aromatic rings. The van der Waals surface area contributed by atoms with Gasteiger partial charge in [0.2, 0.25) is 0 Å². The fourth-order valence-corrected chi connectivity index (χ4v) is 3.53. The van der Waals surface area contributed by atoms with Crippen LogP contribution in [0.4, 0.5) is 11.4 Å². The zero-order valence-corrected chi connectivity index (χ0v) is 13.7. The first-order chi connectivity index (χ1) is 11.8. The molecule has 0 spiro atoms. The van der Waals surface area contributed by atoms with E-state index in [0.29, 0.717) is 6.04 Å². The third-order valence-electron chi connectivity index (χ3n) is 4.67. The Morgan fingerprint density at radius 3 is 3.12 bits per heavy atom. The number of hydrogen-bond acceptors (Lipinski definition) is 4. The van der Waals surface area contributed by atoms with Crippen molar-refractivity contribution in [3.8, 4) is 0 Å². The van der Waals surface area contributed by atoms with Gasteiger partial charge in [-0.1, -0.05) is 12.1 Å². The second-order valence-electron chi connectivity index (χ2n) is 6.64. The number of likely N-dealkylation sites (tertiary alicyclic amines) is 1. The molecule has 24 heavy (non-hydrogen) atoms. The zero-order chi connectivity index (χ0) is 16.4. The van der Waals surface area contributed by atoms with Gasteiger partial charge in [-0.3, -0.25) is 10.00 Å². The third kappa shape index (κ3) is 3.36. The summed E-state index contributed by atoms with van der Waals surface area (Å²) in [7, 11) is 0. The van der Waals surface area contributed by atoms with Crippen LogP contribution >= 0.6 is 0 Å². The lowest BCUT2D eigenvalue weighted by Crippen LogP contribution is -2.41. The average molecular weight is 321 g/mol. The molecule has 0 radical (unpaired) electrons. The van der Waals surface area contributed by atoms with Crippen molar-refractivity contribution in [3.05, 3.63) is 54.2 Å². The predicted octanol–water partition coefficient (Wildman–Crippen LogP) is 3.22. The van der Waals surface area contributed by atoms with E-state index in [-0.39, 0.29) is 0 Å². The lowest BCUT2D eigenvalue weighted by atomic mass is 10.0. The SMILES string of the molecule is Nc1cccc(CN2CCC[C@H](Nc3ccc4[nH]ncc4c3)C2)c1. The number of aromatic amines is 1. The van der Waals surface area contributed by atoms with E-state index < -0.39 is 0 Å². The van der Waals surface area contributed by atoms with Gasteiger partial charge in [0.15, 0.2) is 0 Å². The lowest BCUT2D eigenvalue weighted by molar-refractivity contribution is 0.208. The predicted molar refractivity (Wildman–Crippen MR) is 98.9 cm³/mol. The Balaban J connectivity index is 1.40. The number of anilines is 2. The van der Waals surface area contributed by atoms with Crippen molar-refractivity contribution in [2.45, 2.75) is 25.4 Å². The van der Waals surface area contributed by atoms with E-state index in [0.717, 1.165) is 36.2 Å². The number of piperidine rings is 1. The van der Waals surface area contributed by atoms with Crippen molar-refractivity contribution in [1.29, 1.82) is 0 Å². The van der Waals surface area contributed by atoms with E-state index >= 15 is 0 Å². The fourth-order valence-electron chi connectivity index (χ4n) is 3.53. The quantitative estimate of drug-likeness (QED) is 0.645. The summed E-state index contributed by atoms with van der Waals surface area (Å²) in [6.07, 6.45) is 4.29. The highest BCUT2D eigenvalue weighted by Crippen LogP contribution is 2.21. The van der Waals surface area contributed by atoms with Crippen molar-refractivity contribution >= 4 is 22.3 Å². The Labute approximate surface area is 141 Å². The van der Waals surface area contributed by atoms with Gasteiger partial charge < -0.3 is 11.1 Å². The number of nitrogens with two attached hydrogens (primary N) is 1. The van der Waals surface area contributed by atoms with Crippen molar-refractivity contribution in [1.82, 2.24) is 15.1 Å². The molecule has 1 fully saturated rings. The number of nitrogens with one attached hydrogen (secondary N) is 2. The number of rotatable bonds is 4. The van der Waals surface area contributed by atoms with E-state index in [9.17, 15) is 0 Å². The maximum absolute atomic E-state index is 5.89. The molecule has 1 saturated heterocycles. The third-order valence-corrected chi connectivity index (χ3v) is 4.67. The molecule has 2 heterocycles. The van der Waals surface area contributed by atoms with Crippen molar-refractivity contribution < 1.29 is 0 Å². The molecule has 5 nitrogen and oxygen atoms in total. The highest BCUT2D eigenvalue weighted by atomic mass is 15.2. The first-order valence-corrected chi connectivity index (χ1v) is 8.53. The van der Waals surface area contributed by atoms with Crippen LogP contribution < -0.4 is 11.1 Å². The minimum atomic E-state index is 0.476. The van der Waals surface area contributed by atoms with Gasteiger partial charge in [0.1, 0.15) is 0 Å². The summed E-state index contributed by atoms with van der Waals surface area (Å²) in [4.78, 5) is 2.51. The fraction of sp³-hybridized carbons (Fsp3) is 0.316. The van der Waals surface area contributed by atoms with Crippen molar-refractivity contribution in [3.63, 3.8) is 0 Å². The molecule has 1 atom stereocenters. The summed E-state index contributed by atoms with van der Waals surface area (Å²) < 4.78 is 0. The van der Waals surface area contributed by atoms with E-state index in [2.05, 4.69) is 50.7 Å². The van der Waals surface area contributed by atoms with Crippen molar-refractivity contribution in [2.24, 2.45) is 0 Å². The largest absolute Gasteiger partial charge is 0.399 e. The Morgan fingerprint density at radius 2 is 2.21 bits per heavy atom.